The van der Waals surface area contributed by atoms with Crippen LogP contribution in [0.2, 0.25) is 0 Å². The van der Waals surface area contributed by atoms with Crippen molar-refractivity contribution in [2.75, 3.05) is 6.61 Å². The summed E-state index contributed by atoms with van der Waals surface area (Å²) >= 11 is 0. The van der Waals surface area contributed by atoms with Crippen LogP contribution in [-0.2, 0) is 16.0 Å². The first-order valence-corrected chi connectivity index (χ1v) is 11.9. The number of carbonyl (C=O) groups excluding carboxylic acids is 1. The largest absolute Gasteiger partial charge is 0.466 e. The number of aromatic nitrogens is 2. The minimum atomic E-state index is -0.0708. The molecule has 1 atom stereocenters. The van der Waals surface area contributed by atoms with Crippen LogP contribution in [0.5, 0.6) is 0 Å². The minimum Gasteiger partial charge on any atom is -0.466 e. The van der Waals surface area contributed by atoms with Crippen molar-refractivity contribution in [1.82, 2.24) is 15.5 Å². The molecule has 0 saturated heterocycles. The summed E-state index contributed by atoms with van der Waals surface area (Å²) in [7, 11) is 0. The van der Waals surface area contributed by atoms with Gasteiger partial charge in [-0.05, 0) is 62.3 Å². The SMILES string of the molecule is CCOC(=O)[C@H]1C[C@@H](NC(C)c2ccc(-c3noc(-c4ccc(CC(C)C)cc4)n3)cc2)C1. The van der Waals surface area contributed by atoms with Gasteiger partial charge in [0.05, 0.1) is 12.5 Å². The van der Waals surface area contributed by atoms with Crippen LogP contribution in [-0.4, -0.2) is 28.8 Å². The molecular formula is C27H33N3O3. The third kappa shape index (κ3) is 5.69. The number of benzene rings is 2. The summed E-state index contributed by atoms with van der Waals surface area (Å²) in [6.45, 7) is 8.87. The zero-order valence-electron chi connectivity index (χ0n) is 19.9. The quantitative estimate of drug-likeness (QED) is 0.431. The van der Waals surface area contributed by atoms with E-state index in [1.807, 2.05) is 31.2 Å². The molecule has 6 heteroatoms. The number of hydrogen-bond acceptors (Lipinski definition) is 6. The van der Waals surface area contributed by atoms with Crippen molar-refractivity contribution in [2.24, 2.45) is 11.8 Å². The molecule has 174 valence electrons. The average molecular weight is 448 g/mol. The molecule has 0 bridgehead atoms. The number of ether oxygens (including phenoxy) is 1. The normalized spacial score (nSPS) is 18.7. The van der Waals surface area contributed by atoms with Crippen LogP contribution in [0.1, 0.15) is 57.7 Å². The van der Waals surface area contributed by atoms with E-state index in [0.29, 0.717) is 30.3 Å². The first kappa shape index (κ1) is 23.2. The second-order valence-corrected chi connectivity index (χ2v) is 9.35. The van der Waals surface area contributed by atoms with Crippen molar-refractivity contribution in [3.05, 3.63) is 59.7 Å². The summed E-state index contributed by atoms with van der Waals surface area (Å²) in [5.74, 6) is 1.71. The minimum absolute atomic E-state index is 0.0378. The molecule has 4 rings (SSSR count). The fraction of sp³-hybridized carbons (Fsp3) is 0.444. The van der Waals surface area contributed by atoms with Crippen LogP contribution >= 0.6 is 0 Å². The summed E-state index contributed by atoms with van der Waals surface area (Å²) in [5.41, 5.74) is 4.34. The van der Waals surface area contributed by atoms with Crippen molar-refractivity contribution in [1.29, 1.82) is 0 Å². The van der Waals surface area contributed by atoms with Gasteiger partial charge in [-0.2, -0.15) is 4.98 Å². The first-order valence-electron chi connectivity index (χ1n) is 11.9. The van der Waals surface area contributed by atoms with E-state index in [2.05, 4.69) is 60.5 Å². The Morgan fingerprint density at radius 1 is 1.06 bits per heavy atom. The third-order valence-electron chi connectivity index (χ3n) is 6.18. The molecule has 1 heterocycles. The molecular weight excluding hydrogens is 414 g/mol. The van der Waals surface area contributed by atoms with Gasteiger partial charge >= 0.3 is 5.97 Å². The van der Waals surface area contributed by atoms with E-state index in [-0.39, 0.29) is 17.9 Å². The van der Waals surface area contributed by atoms with Crippen molar-refractivity contribution >= 4 is 5.97 Å². The van der Waals surface area contributed by atoms with Gasteiger partial charge in [0.1, 0.15) is 0 Å². The summed E-state index contributed by atoms with van der Waals surface area (Å²) in [6.07, 6.45) is 2.73. The number of nitrogens with zero attached hydrogens (tertiary/aromatic N) is 2. The fourth-order valence-corrected chi connectivity index (χ4v) is 4.29. The highest BCUT2D eigenvalue weighted by Crippen LogP contribution is 2.31. The lowest BCUT2D eigenvalue weighted by Gasteiger charge is -2.36. The van der Waals surface area contributed by atoms with Gasteiger partial charge in [0.15, 0.2) is 0 Å². The maximum atomic E-state index is 11.8. The second kappa shape index (κ2) is 10.3. The van der Waals surface area contributed by atoms with Gasteiger partial charge in [-0.1, -0.05) is 55.4 Å². The lowest BCUT2D eigenvalue weighted by molar-refractivity contribution is -0.151. The molecule has 1 fully saturated rings. The Hall–Kier alpha value is -2.99. The zero-order valence-corrected chi connectivity index (χ0v) is 19.9. The molecule has 0 aliphatic heterocycles. The van der Waals surface area contributed by atoms with E-state index in [9.17, 15) is 4.79 Å². The lowest BCUT2D eigenvalue weighted by Crippen LogP contribution is -2.45. The lowest BCUT2D eigenvalue weighted by atomic mass is 9.80. The number of carbonyl (C=O) groups is 1. The highest BCUT2D eigenvalue weighted by atomic mass is 16.5. The van der Waals surface area contributed by atoms with E-state index >= 15 is 0 Å². The summed E-state index contributed by atoms with van der Waals surface area (Å²) in [6, 6.07) is 17.1. The van der Waals surface area contributed by atoms with Gasteiger partial charge in [0, 0.05) is 23.2 Å². The van der Waals surface area contributed by atoms with Crippen LogP contribution in [0, 0.1) is 11.8 Å². The Kier molecular flexibility index (Phi) is 7.23. The molecule has 1 saturated carbocycles. The molecule has 1 aliphatic rings. The smallest absolute Gasteiger partial charge is 0.309 e. The third-order valence-corrected chi connectivity index (χ3v) is 6.18. The van der Waals surface area contributed by atoms with E-state index < -0.39 is 0 Å². The van der Waals surface area contributed by atoms with E-state index in [1.54, 1.807) is 0 Å². The van der Waals surface area contributed by atoms with Crippen molar-refractivity contribution in [3.8, 4) is 22.8 Å². The molecule has 0 radical (unpaired) electrons. The average Bonchev–Trinajstić information content (AvgIpc) is 3.26. The Morgan fingerprint density at radius 2 is 1.73 bits per heavy atom. The maximum absolute atomic E-state index is 11.8. The topological polar surface area (TPSA) is 77.2 Å². The van der Waals surface area contributed by atoms with Crippen molar-refractivity contribution in [3.63, 3.8) is 0 Å². The molecule has 1 N–H and O–H groups in total. The highest BCUT2D eigenvalue weighted by molar-refractivity contribution is 5.73. The number of rotatable bonds is 9. The van der Waals surface area contributed by atoms with Gasteiger partial charge in [-0.15, -0.1) is 0 Å². The van der Waals surface area contributed by atoms with Crippen LogP contribution in [0.15, 0.2) is 53.1 Å². The van der Waals surface area contributed by atoms with Crippen molar-refractivity contribution in [2.45, 2.75) is 59.0 Å². The molecule has 0 spiro atoms. The van der Waals surface area contributed by atoms with Crippen LogP contribution < -0.4 is 5.32 Å². The Labute approximate surface area is 195 Å². The Bertz CT molecular complexity index is 1050. The highest BCUT2D eigenvalue weighted by Gasteiger charge is 2.36. The van der Waals surface area contributed by atoms with Crippen LogP contribution in [0.25, 0.3) is 22.8 Å². The van der Waals surface area contributed by atoms with Crippen LogP contribution in [0.4, 0.5) is 0 Å². The van der Waals surface area contributed by atoms with Crippen LogP contribution in [0.3, 0.4) is 0 Å². The number of nitrogens with one attached hydrogen (secondary N) is 1. The Morgan fingerprint density at radius 3 is 2.36 bits per heavy atom. The molecule has 33 heavy (non-hydrogen) atoms. The van der Waals surface area contributed by atoms with E-state index in [4.69, 9.17) is 9.26 Å². The number of esters is 1. The van der Waals surface area contributed by atoms with Gasteiger partial charge < -0.3 is 14.6 Å². The molecule has 0 amide bonds. The van der Waals surface area contributed by atoms with Gasteiger partial charge in [-0.3, -0.25) is 4.79 Å². The Balaban J connectivity index is 1.34. The van der Waals surface area contributed by atoms with Gasteiger partial charge in [-0.25, -0.2) is 0 Å². The monoisotopic (exact) mass is 447 g/mol. The molecule has 1 aromatic heterocycles. The first-order chi connectivity index (χ1) is 15.9. The van der Waals surface area contributed by atoms with E-state index in [0.717, 1.165) is 30.4 Å². The fourth-order valence-electron chi connectivity index (χ4n) is 4.29. The van der Waals surface area contributed by atoms with Gasteiger partial charge in [0.2, 0.25) is 5.82 Å². The maximum Gasteiger partial charge on any atom is 0.309 e. The standard InChI is InChI=1S/C27H33N3O3/c1-5-32-27(31)23-15-24(16-23)28-18(4)20-10-12-21(13-11-20)25-29-26(33-30-25)22-8-6-19(7-9-22)14-17(2)3/h6-13,17-18,23-24,28H,5,14-16H2,1-4H3/t18?,23-,24+. The molecule has 2 aromatic carbocycles. The molecule has 1 unspecified atom stereocenters. The predicted molar refractivity (Wildman–Crippen MR) is 128 cm³/mol. The van der Waals surface area contributed by atoms with Gasteiger partial charge in [0.25, 0.3) is 5.89 Å². The van der Waals surface area contributed by atoms with Crippen molar-refractivity contribution < 1.29 is 14.1 Å². The summed E-state index contributed by atoms with van der Waals surface area (Å²) in [5, 5.41) is 7.78. The summed E-state index contributed by atoms with van der Waals surface area (Å²) in [4.78, 5) is 16.4. The molecule has 3 aromatic rings. The zero-order chi connectivity index (χ0) is 23.4. The summed E-state index contributed by atoms with van der Waals surface area (Å²) < 4.78 is 10.6. The second-order valence-electron chi connectivity index (χ2n) is 9.35. The molecule has 6 nitrogen and oxygen atoms in total. The van der Waals surface area contributed by atoms with E-state index in [1.165, 1.54) is 11.1 Å². The predicted octanol–water partition coefficient (Wildman–Crippen LogP) is 5.59. The number of hydrogen-bond donors (Lipinski definition) is 1. The molecule has 1 aliphatic carbocycles.